The molecule has 2 fully saturated rings. The number of carboxylic acids is 1. The van der Waals surface area contributed by atoms with Crippen LogP contribution in [0.3, 0.4) is 0 Å². The molecule has 3 N–H and O–H groups in total. The van der Waals surface area contributed by atoms with E-state index in [1.807, 2.05) is 6.92 Å². The van der Waals surface area contributed by atoms with Crippen molar-refractivity contribution in [1.82, 2.24) is 9.55 Å². The molecule has 0 amide bonds. The number of nitrogens with two attached hydrogens (primary N) is 1. The van der Waals surface area contributed by atoms with Crippen molar-refractivity contribution in [2.75, 3.05) is 11.4 Å². The Labute approximate surface area is 136 Å². The topological polar surface area (TPSA) is 101 Å². The Morgan fingerprint density at radius 3 is 2.71 bits per heavy atom. The van der Waals surface area contributed by atoms with Crippen molar-refractivity contribution in [1.29, 1.82) is 0 Å². The van der Waals surface area contributed by atoms with E-state index in [1.165, 1.54) is 6.20 Å². The smallest absolute Gasteiger partial charge is 0.341 e. The van der Waals surface area contributed by atoms with Gasteiger partial charge in [0.25, 0.3) is 0 Å². The van der Waals surface area contributed by atoms with Crippen LogP contribution in [0.25, 0.3) is 11.0 Å². The molecule has 126 valence electrons. The van der Waals surface area contributed by atoms with Crippen molar-refractivity contribution >= 4 is 22.8 Å². The summed E-state index contributed by atoms with van der Waals surface area (Å²) < 4.78 is 16.2. The minimum atomic E-state index is -1.32. The van der Waals surface area contributed by atoms with E-state index in [4.69, 9.17) is 5.73 Å². The highest BCUT2D eigenvalue weighted by atomic mass is 19.1. The standard InChI is InChI=1S/C16H17FN4O3/c1-7-12(18)6-20(7)15-11(17)4-9-13(22)10(16(23)24)5-21(8-2-3-8)14(9)19-15/h4-5,7-8,12H,2-3,6,18H2,1H3,(H,23,24)/t7-,12?/m1/s1. The van der Waals surface area contributed by atoms with Gasteiger partial charge in [0.1, 0.15) is 11.2 Å². The molecule has 1 aliphatic carbocycles. The van der Waals surface area contributed by atoms with Crippen LogP contribution in [0.5, 0.6) is 0 Å². The average molecular weight is 332 g/mol. The van der Waals surface area contributed by atoms with Gasteiger partial charge in [-0.1, -0.05) is 0 Å². The summed E-state index contributed by atoms with van der Waals surface area (Å²) in [5.74, 6) is -1.79. The quantitative estimate of drug-likeness (QED) is 0.873. The third-order valence-corrected chi connectivity index (χ3v) is 4.90. The van der Waals surface area contributed by atoms with Crippen molar-refractivity contribution in [2.45, 2.75) is 37.9 Å². The minimum absolute atomic E-state index is 0.000486. The van der Waals surface area contributed by atoms with E-state index in [9.17, 15) is 19.1 Å². The summed E-state index contributed by atoms with van der Waals surface area (Å²) >= 11 is 0. The zero-order chi connectivity index (χ0) is 17.2. The molecule has 0 aromatic carbocycles. The molecule has 24 heavy (non-hydrogen) atoms. The third kappa shape index (κ3) is 2.10. The molecule has 8 heteroatoms. The van der Waals surface area contributed by atoms with Gasteiger partial charge in [0.15, 0.2) is 11.6 Å². The summed E-state index contributed by atoms with van der Waals surface area (Å²) in [7, 11) is 0. The third-order valence-electron chi connectivity index (χ3n) is 4.90. The van der Waals surface area contributed by atoms with Gasteiger partial charge < -0.3 is 20.3 Å². The molecule has 2 aromatic heterocycles. The Morgan fingerprint density at radius 2 is 2.17 bits per heavy atom. The number of carbonyl (C=O) groups is 1. The van der Waals surface area contributed by atoms with Gasteiger partial charge in [0.2, 0.25) is 5.43 Å². The number of hydrogen-bond acceptors (Lipinski definition) is 5. The molecule has 2 aliphatic rings. The summed E-state index contributed by atoms with van der Waals surface area (Å²) in [6.07, 6.45) is 3.09. The molecule has 1 saturated carbocycles. The van der Waals surface area contributed by atoms with Crippen LogP contribution in [0.4, 0.5) is 10.2 Å². The van der Waals surface area contributed by atoms with Crippen LogP contribution >= 0.6 is 0 Å². The lowest BCUT2D eigenvalue weighted by Gasteiger charge is -2.45. The second kappa shape index (κ2) is 5.01. The van der Waals surface area contributed by atoms with Crippen LogP contribution in [0.1, 0.15) is 36.2 Å². The Balaban J connectivity index is 1.96. The number of aromatic carboxylic acids is 1. The monoisotopic (exact) mass is 332 g/mol. The van der Waals surface area contributed by atoms with E-state index in [0.717, 1.165) is 18.9 Å². The van der Waals surface area contributed by atoms with Crippen LogP contribution < -0.4 is 16.1 Å². The van der Waals surface area contributed by atoms with Gasteiger partial charge in [-0.15, -0.1) is 0 Å². The van der Waals surface area contributed by atoms with Gasteiger partial charge in [-0.2, -0.15) is 0 Å². The fourth-order valence-corrected chi connectivity index (χ4v) is 3.14. The number of rotatable bonds is 3. The lowest BCUT2D eigenvalue weighted by atomic mass is 9.99. The van der Waals surface area contributed by atoms with Crippen molar-refractivity contribution in [3.05, 3.63) is 33.9 Å². The van der Waals surface area contributed by atoms with Gasteiger partial charge in [0.05, 0.1) is 5.39 Å². The van der Waals surface area contributed by atoms with Gasteiger partial charge in [-0.05, 0) is 25.8 Å². The highest BCUT2D eigenvalue weighted by Gasteiger charge is 2.36. The fraction of sp³-hybridized carbons (Fsp3) is 0.438. The maximum absolute atomic E-state index is 14.5. The Morgan fingerprint density at radius 1 is 1.46 bits per heavy atom. The molecule has 7 nitrogen and oxygen atoms in total. The van der Waals surface area contributed by atoms with Crippen LogP contribution in [-0.2, 0) is 0 Å². The molecule has 4 rings (SSSR count). The number of hydrogen-bond donors (Lipinski definition) is 2. The second-order valence-corrected chi connectivity index (χ2v) is 6.54. The van der Waals surface area contributed by atoms with Gasteiger partial charge in [-0.3, -0.25) is 4.79 Å². The molecule has 1 saturated heterocycles. The van der Waals surface area contributed by atoms with E-state index in [2.05, 4.69) is 4.98 Å². The maximum atomic E-state index is 14.5. The number of fused-ring (bicyclic) bond motifs is 1. The molecular weight excluding hydrogens is 315 g/mol. The number of aromatic nitrogens is 2. The molecule has 1 aliphatic heterocycles. The SMILES string of the molecule is C[C@@H]1C(N)CN1c1nc2c(cc1F)c(=O)c(C(=O)O)cn2C1CC1. The Hall–Kier alpha value is -2.48. The molecular formula is C16H17FN4O3. The summed E-state index contributed by atoms with van der Waals surface area (Å²) in [6, 6.07) is 1.13. The number of nitrogens with zero attached hydrogens (tertiary/aromatic N) is 3. The molecule has 0 radical (unpaired) electrons. The summed E-state index contributed by atoms with van der Waals surface area (Å²) in [5, 5.41) is 9.23. The largest absolute Gasteiger partial charge is 0.477 e. The number of pyridine rings is 2. The Bertz CT molecular complexity index is 922. The van der Waals surface area contributed by atoms with E-state index in [0.29, 0.717) is 12.2 Å². The normalized spacial score (nSPS) is 23.4. The van der Waals surface area contributed by atoms with Crippen LogP contribution in [0.15, 0.2) is 17.1 Å². The van der Waals surface area contributed by atoms with Gasteiger partial charge in [0, 0.05) is 30.9 Å². The van der Waals surface area contributed by atoms with E-state index >= 15 is 0 Å². The lowest BCUT2D eigenvalue weighted by molar-refractivity contribution is 0.0695. The van der Waals surface area contributed by atoms with Gasteiger partial charge in [-0.25, -0.2) is 14.2 Å². The average Bonchev–Trinajstić information content (AvgIpc) is 3.37. The fourth-order valence-electron chi connectivity index (χ4n) is 3.14. The zero-order valence-electron chi connectivity index (χ0n) is 13.1. The first kappa shape index (κ1) is 15.1. The first-order chi connectivity index (χ1) is 11.4. The lowest BCUT2D eigenvalue weighted by Crippen LogP contribution is -2.63. The van der Waals surface area contributed by atoms with Crippen molar-refractivity contribution < 1.29 is 14.3 Å². The predicted octanol–water partition coefficient (Wildman–Crippen LogP) is 1.10. The molecule has 2 aromatic rings. The molecule has 1 unspecified atom stereocenters. The molecule has 0 bridgehead atoms. The zero-order valence-corrected chi connectivity index (χ0v) is 13.1. The van der Waals surface area contributed by atoms with Crippen molar-refractivity contribution in [2.24, 2.45) is 5.73 Å². The first-order valence-electron chi connectivity index (χ1n) is 7.89. The summed E-state index contributed by atoms with van der Waals surface area (Å²) in [6.45, 7) is 2.39. The van der Waals surface area contributed by atoms with Crippen LogP contribution in [-0.4, -0.2) is 39.3 Å². The summed E-state index contributed by atoms with van der Waals surface area (Å²) in [4.78, 5) is 29.8. The molecule has 0 spiro atoms. The predicted molar refractivity (Wildman–Crippen MR) is 86.0 cm³/mol. The van der Waals surface area contributed by atoms with Crippen LogP contribution in [0, 0.1) is 5.82 Å². The molecule has 2 atom stereocenters. The number of carboxylic acid groups (broad SMARTS) is 1. The Kier molecular flexibility index (Phi) is 3.14. The van der Waals surface area contributed by atoms with Gasteiger partial charge >= 0.3 is 5.97 Å². The van der Waals surface area contributed by atoms with E-state index < -0.39 is 17.2 Å². The summed E-state index contributed by atoms with van der Waals surface area (Å²) in [5.41, 5.74) is 5.13. The van der Waals surface area contributed by atoms with Crippen molar-refractivity contribution in [3.63, 3.8) is 0 Å². The first-order valence-corrected chi connectivity index (χ1v) is 7.89. The highest BCUT2D eigenvalue weighted by molar-refractivity contribution is 5.92. The van der Waals surface area contributed by atoms with E-state index in [1.54, 1.807) is 9.47 Å². The number of anilines is 1. The highest BCUT2D eigenvalue weighted by Crippen LogP contribution is 2.37. The van der Waals surface area contributed by atoms with Crippen LogP contribution in [0.2, 0.25) is 0 Å². The number of halogens is 1. The van der Waals surface area contributed by atoms with E-state index in [-0.39, 0.29) is 34.9 Å². The molecule has 3 heterocycles. The minimum Gasteiger partial charge on any atom is -0.477 e. The van der Waals surface area contributed by atoms with Crippen molar-refractivity contribution in [3.8, 4) is 0 Å². The second-order valence-electron chi connectivity index (χ2n) is 6.54. The maximum Gasteiger partial charge on any atom is 0.341 e.